The van der Waals surface area contributed by atoms with Gasteiger partial charge in [-0.25, -0.2) is 18.2 Å². The predicted octanol–water partition coefficient (Wildman–Crippen LogP) is 2.88. The van der Waals surface area contributed by atoms with Gasteiger partial charge in [-0.1, -0.05) is 24.3 Å². The molecule has 0 saturated heterocycles. The third-order valence-electron chi connectivity index (χ3n) is 6.91. The first-order valence-corrected chi connectivity index (χ1v) is 13.6. The average Bonchev–Trinajstić information content (AvgIpc) is 3.40. The number of aliphatic hydroxyl groups is 1. The van der Waals surface area contributed by atoms with Crippen LogP contribution in [0.15, 0.2) is 91.9 Å². The van der Waals surface area contributed by atoms with Crippen LogP contribution in [0.25, 0.3) is 0 Å². The van der Waals surface area contributed by atoms with Crippen LogP contribution in [0, 0.1) is 0 Å². The van der Waals surface area contributed by atoms with Gasteiger partial charge in [-0.3, -0.25) is 10.3 Å². The Balaban J connectivity index is 1.37. The van der Waals surface area contributed by atoms with Crippen molar-refractivity contribution in [2.75, 3.05) is 19.6 Å². The summed E-state index contributed by atoms with van der Waals surface area (Å²) in [5.41, 5.74) is 7.75. The smallest absolute Gasteiger partial charge is 0.158 e. The van der Waals surface area contributed by atoms with Gasteiger partial charge in [0, 0.05) is 46.5 Å². The third kappa shape index (κ3) is 7.13. The molecule has 0 amide bonds. The molecule has 8 nitrogen and oxygen atoms in total. The summed E-state index contributed by atoms with van der Waals surface area (Å²) in [5.74, 6) is -1.55. The summed E-state index contributed by atoms with van der Waals surface area (Å²) in [6.45, 7) is 7.68. The number of amidine groups is 1. The number of nitrogens with zero attached hydrogens (tertiary/aromatic N) is 2. The van der Waals surface area contributed by atoms with Crippen LogP contribution in [0.3, 0.4) is 0 Å². The monoisotopic (exact) mass is 561 g/mol. The Labute approximate surface area is 230 Å². The summed E-state index contributed by atoms with van der Waals surface area (Å²) in [6.07, 6.45) is 8.48. The van der Waals surface area contributed by atoms with E-state index in [1.54, 1.807) is 25.6 Å². The summed E-state index contributed by atoms with van der Waals surface area (Å²) in [7, 11) is 0. The van der Waals surface area contributed by atoms with E-state index < -0.39 is 29.8 Å². The number of hydrogen-bond acceptors (Lipinski definition) is 9. The number of thioether (sulfide) groups is 1. The highest BCUT2D eigenvalue weighted by Crippen LogP contribution is 2.36. The number of aliphatic hydroxyl groups excluding tert-OH is 1. The molecule has 5 atom stereocenters. The minimum absolute atomic E-state index is 0.00117. The van der Waals surface area contributed by atoms with Crippen LogP contribution in [0.1, 0.15) is 20.3 Å². The van der Waals surface area contributed by atoms with E-state index in [-0.39, 0.29) is 29.5 Å². The van der Waals surface area contributed by atoms with Gasteiger partial charge in [0.15, 0.2) is 11.7 Å². The van der Waals surface area contributed by atoms with Crippen LogP contribution in [-0.4, -0.2) is 66.5 Å². The molecule has 4 aliphatic rings. The fourth-order valence-corrected chi connectivity index (χ4v) is 5.79. The second-order valence-electron chi connectivity index (χ2n) is 9.62. The Hall–Kier alpha value is -3.06. The summed E-state index contributed by atoms with van der Waals surface area (Å²) in [4.78, 5) is 9.61. The Morgan fingerprint density at radius 2 is 2.18 bits per heavy atom. The topological polar surface area (TPSA) is 119 Å². The van der Waals surface area contributed by atoms with Gasteiger partial charge in [-0.2, -0.15) is 0 Å². The zero-order valence-electron chi connectivity index (χ0n) is 21.8. The molecule has 4 aliphatic heterocycles. The first kappa shape index (κ1) is 28.9. The Bertz CT molecular complexity index is 1230. The van der Waals surface area contributed by atoms with Crippen molar-refractivity contribution < 1.29 is 18.3 Å². The van der Waals surface area contributed by atoms with Gasteiger partial charge in [0.2, 0.25) is 0 Å². The van der Waals surface area contributed by atoms with Crippen molar-refractivity contribution in [2.45, 2.75) is 49.9 Å². The van der Waals surface area contributed by atoms with Crippen LogP contribution in [-0.2, 0) is 0 Å². The summed E-state index contributed by atoms with van der Waals surface area (Å²) in [5, 5.41) is 23.8. The molecule has 0 spiro atoms. The summed E-state index contributed by atoms with van der Waals surface area (Å²) in [6, 6.07) is -0.406. The van der Waals surface area contributed by atoms with Crippen LogP contribution >= 0.6 is 11.8 Å². The van der Waals surface area contributed by atoms with Crippen LogP contribution in [0.4, 0.5) is 13.2 Å². The molecule has 0 saturated carbocycles. The molecule has 4 heterocycles. The van der Waals surface area contributed by atoms with E-state index in [4.69, 9.17) is 5.73 Å². The lowest BCUT2D eigenvalue weighted by atomic mass is 9.96. The van der Waals surface area contributed by atoms with Gasteiger partial charge >= 0.3 is 0 Å². The van der Waals surface area contributed by atoms with Crippen molar-refractivity contribution in [3.63, 3.8) is 0 Å². The molecule has 2 unspecified atom stereocenters. The highest BCUT2D eigenvalue weighted by Gasteiger charge is 2.32. The number of nitrogens with two attached hydrogens (primary N) is 1. The molecule has 210 valence electrons. The first-order valence-electron chi connectivity index (χ1n) is 12.7. The molecule has 0 aromatic heterocycles. The Morgan fingerprint density at radius 3 is 2.95 bits per heavy atom. The van der Waals surface area contributed by atoms with Gasteiger partial charge in [-0.15, -0.1) is 11.8 Å². The first-order chi connectivity index (χ1) is 18.7. The second kappa shape index (κ2) is 12.9. The third-order valence-corrected chi connectivity index (χ3v) is 8.31. The van der Waals surface area contributed by atoms with Crippen molar-refractivity contribution in [1.82, 2.24) is 21.3 Å². The molecule has 0 aliphatic carbocycles. The largest absolute Gasteiger partial charge is 0.383 e. The summed E-state index contributed by atoms with van der Waals surface area (Å²) < 4.78 is 41.4. The van der Waals surface area contributed by atoms with E-state index in [9.17, 15) is 18.3 Å². The van der Waals surface area contributed by atoms with Gasteiger partial charge in [0.25, 0.3) is 0 Å². The molecular formula is C27H34F3N7OS. The summed E-state index contributed by atoms with van der Waals surface area (Å²) >= 11 is 1.75. The van der Waals surface area contributed by atoms with Gasteiger partial charge < -0.3 is 26.8 Å². The standard InChI is InChI=1S/C27H34F3N7OS/c1-4-20(29)21(30)7-14(2)15(3)37-27(38)19-8-16(28)10-33-26(19)34-11-17-5-6-24(39-17)22-9-18-23(12-32-22)35-13-36-25(18)31/h4-5,7-9,13,15,22-24,27,32-34,37-38H,1,6,10-12H2,2-3H3,(H2,31,35,36)/b14-7+,21-20-/t15-,22?,23-,24?,27-/m0/s1. The van der Waals surface area contributed by atoms with E-state index in [0.29, 0.717) is 30.3 Å². The van der Waals surface area contributed by atoms with Gasteiger partial charge in [0.05, 0.1) is 12.6 Å². The Kier molecular flexibility index (Phi) is 9.54. The highest BCUT2D eigenvalue weighted by atomic mass is 32.2. The number of allylic oxidation sites excluding steroid dienone is 5. The number of fused-ring (bicyclic) bond motifs is 1. The van der Waals surface area contributed by atoms with Crippen molar-refractivity contribution in [3.05, 3.63) is 81.9 Å². The fourth-order valence-electron chi connectivity index (χ4n) is 4.54. The van der Waals surface area contributed by atoms with Crippen molar-refractivity contribution in [2.24, 2.45) is 15.7 Å². The minimum Gasteiger partial charge on any atom is -0.383 e. The molecule has 12 heteroatoms. The molecule has 0 aromatic carbocycles. The second-order valence-corrected chi connectivity index (χ2v) is 11.0. The lowest BCUT2D eigenvalue weighted by molar-refractivity contribution is 0.164. The Morgan fingerprint density at radius 1 is 1.38 bits per heavy atom. The molecule has 4 rings (SSSR count). The van der Waals surface area contributed by atoms with Gasteiger partial charge in [-0.05, 0) is 38.5 Å². The van der Waals surface area contributed by atoms with Gasteiger partial charge in [0.1, 0.15) is 30.0 Å². The molecule has 0 radical (unpaired) electrons. The number of halogens is 3. The maximum absolute atomic E-state index is 14.1. The minimum atomic E-state index is -1.27. The maximum Gasteiger partial charge on any atom is 0.158 e. The molecule has 0 fully saturated rings. The molecule has 0 bridgehead atoms. The van der Waals surface area contributed by atoms with E-state index >= 15 is 0 Å². The van der Waals surface area contributed by atoms with Crippen LogP contribution in [0.2, 0.25) is 0 Å². The maximum atomic E-state index is 14.1. The molecular weight excluding hydrogens is 527 g/mol. The number of hydrogen-bond donors (Lipinski definition) is 6. The number of dihydropyridines is 1. The molecule has 7 N–H and O–H groups in total. The zero-order valence-corrected chi connectivity index (χ0v) is 22.7. The lowest BCUT2D eigenvalue weighted by Gasteiger charge is -2.31. The predicted molar refractivity (Wildman–Crippen MR) is 152 cm³/mol. The van der Waals surface area contributed by atoms with E-state index in [1.165, 1.54) is 12.4 Å². The SMILES string of the molecule is C=C/C(F)=C(F)\C=C(/C)[C@H](C)N[C@@H](O)C1=C(NCC2=CCC(C3C=C4C(N)=NC=N[C@H]4CN3)S2)NCC(F)=C1. The van der Waals surface area contributed by atoms with E-state index in [2.05, 4.69) is 50.0 Å². The van der Waals surface area contributed by atoms with E-state index in [1.807, 2.05) is 0 Å². The quantitative estimate of drug-likeness (QED) is 0.179. The van der Waals surface area contributed by atoms with Crippen molar-refractivity contribution in [1.29, 1.82) is 0 Å². The average molecular weight is 562 g/mol. The fraction of sp³-hybridized carbons (Fsp3) is 0.407. The van der Waals surface area contributed by atoms with Crippen molar-refractivity contribution in [3.8, 4) is 0 Å². The lowest BCUT2D eigenvalue weighted by Crippen LogP contribution is -2.47. The van der Waals surface area contributed by atoms with E-state index in [0.717, 1.165) is 29.1 Å². The van der Waals surface area contributed by atoms with Crippen LogP contribution in [0.5, 0.6) is 0 Å². The number of rotatable bonds is 10. The van der Waals surface area contributed by atoms with Crippen LogP contribution < -0.4 is 27.0 Å². The normalized spacial score (nSPS) is 27.3. The zero-order chi connectivity index (χ0) is 28.1. The molecule has 39 heavy (non-hydrogen) atoms. The number of nitrogens with one attached hydrogen (secondary N) is 4. The number of aliphatic imine (C=N–C) groups is 2. The highest BCUT2D eigenvalue weighted by molar-refractivity contribution is 8.04. The van der Waals surface area contributed by atoms with Crippen molar-refractivity contribution >= 4 is 23.9 Å². The molecule has 0 aromatic rings.